The molecule has 0 unspecified atom stereocenters. The monoisotopic (exact) mass is 209 g/mol. The second kappa shape index (κ2) is 7.75. The van der Waals surface area contributed by atoms with E-state index >= 15 is 0 Å². The van der Waals surface area contributed by atoms with Crippen molar-refractivity contribution in [1.29, 1.82) is 0 Å². The summed E-state index contributed by atoms with van der Waals surface area (Å²) in [6.07, 6.45) is 0. The fraction of sp³-hybridized carbons (Fsp3) is 0.833. The highest BCUT2D eigenvalue weighted by molar-refractivity contribution is 6.18. The lowest BCUT2D eigenvalue weighted by atomic mass is 10.5. The molecule has 0 bridgehead atoms. The highest BCUT2D eigenvalue weighted by atomic mass is 35.5. The van der Waals surface area contributed by atoms with Gasteiger partial charge in [-0.15, -0.1) is 11.6 Å². The summed E-state index contributed by atoms with van der Waals surface area (Å²) in [4.78, 5) is 13.4. The summed E-state index contributed by atoms with van der Waals surface area (Å²) in [6, 6.07) is 0. The number of hydrogen-bond donors (Lipinski definition) is 2. The summed E-state index contributed by atoms with van der Waals surface area (Å²) in [6.45, 7) is 0.110. The Labute approximate surface area is 80.8 Å². The first-order valence-electron chi connectivity index (χ1n) is 3.76. The molecule has 6 nitrogen and oxygen atoms in total. The van der Waals surface area contributed by atoms with Crippen molar-refractivity contribution in [1.82, 2.24) is 5.32 Å². The average molecular weight is 210 g/mol. The number of aliphatic hydroxyl groups excluding tert-OH is 1. The van der Waals surface area contributed by atoms with Crippen molar-refractivity contribution in [2.24, 2.45) is 4.99 Å². The maximum absolute atomic E-state index is 10.1. The van der Waals surface area contributed by atoms with E-state index in [0.29, 0.717) is 12.4 Å². The topological polar surface area (TPSA) is 87.8 Å². The molecule has 0 radical (unpaired) electrons. The molecule has 0 atom stereocenters. The Hall–Kier alpha value is -0.880. The summed E-state index contributed by atoms with van der Waals surface area (Å²) in [5.41, 5.74) is 0. The molecule has 0 saturated heterocycles. The highest BCUT2D eigenvalue weighted by Crippen LogP contribution is 1.79. The third kappa shape index (κ3) is 7.48. The van der Waals surface area contributed by atoms with Crippen molar-refractivity contribution < 1.29 is 10.0 Å². The van der Waals surface area contributed by atoms with Crippen molar-refractivity contribution in [3.8, 4) is 0 Å². The molecule has 0 aromatic rings. The van der Waals surface area contributed by atoms with E-state index in [9.17, 15) is 10.1 Å². The third-order valence-corrected chi connectivity index (χ3v) is 1.29. The van der Waals surface area contributed by atoms with E-state index in [4.69, 9.17) is 16.7 Å². The molecule has 2 N–H and O–H groups in total. The van der Waals surface area contributed by atoms with E-state index < -0.39 is 4.92 Å². The largest absolute Gasteiger partial charge is 0.394 e. The van der Waals surface area contributed by atoms with E-state index in [1.165, 1.54) is 0 Å². The van der Waals surface area contributed by atoms with E-state index in [1.54, 1.807) is 0 Å². The maximum Gasteiger partial charge on any atom is 0.259 e. The van der Waals surface area contributed by atoms with Crippen LogP contribution in [0.4, 0.5) is 0 Å². The Balaban J connectivity index is 3.94. The van der Waals surface area contributed by atoms with Gasteiger partial charge in [-0.1, -0.05) is 0 Å². The van der Waals surface area contributed by atoms with E-state index in [1.807, 2.05) is 0 Å². The normalized spacial score (nSPS) is 11.4. The van der Waals surface area contributed by atoms with Crippen molar-refractivity contribution in [2.45, 2.75) is 0 Å². The van der Waals surface area contributed by atoms with Gasteiger partial charge in [0.15, 0.2) is 5.84 Å². The van der Waals surface area contributed by atoms with Crippen LogP contribution in [0.1, 0.15) is 0 Å². The van der Waals surface area contributed by atoms with Gasteiger partial charge in [-0.05, 0) is 0 Å². The first-order valence-corrected chi connectivity index (χ1v) is 4.30. The molecule has 0 amide bonds. The van der Waals surface area contributed by atoms with Gasteiger partial charge in [0.25, 0.3) is 6.54 Å². The molecule has 0 fully saturated rings. The number of nitrogens with one attached hydrogen (secondary N) is 1. The van der Waals surface area contributed by atoms with Gasteiger partial charge in [-0.2, -0.15) is 0 Å². The average Bonchev–Trinajstić information content (AvgIpc) is 2.09. The fourth-order valence-corrected chi connectivity index (χ4v) is 0.755. The summed E-state index contributed by atoms with van der Waals surface area (Å²) in [7, 11) is 0. The number of alkyl halides is 1. The van der Waals surface area contributed by atoms with Crippen LogP contribution < -0.4 is 5.32 Å². The Morgan fingerprint density at radius 1 is 1.69 bits per heavy atom. The molecule has 0 aromatic carbocycles. The molecule has 0 saturated carbocycles. The fourth-order valence-electron chi connectivity index (χ4n) is 0.661. The zero-order valence-corrected chi connectivity index (χ0v) is 7.83. The second-order valence-electron chi connectivity index (χ2n) is 2.16. The Bertz CT molecular complexity index is 186. The molecule has 0 aromatic heterocycles. The van der Waals surface area contributed by atoms with Crippen LogP contribution in [0.25, 0.3) is 0 Å². The summed E-state index contributed by atoms with van der Waals surface area (Å²) < 4.78 is 0. The first kappa shape index (κ1) is 12.1. The third-order valence-electron chi connectivity index (χ3n) is 1.11. The van der Waals surface area contributed by atoms with Gasteiger partial charge in [-0.25, -0.2) is 0 Å². The van der Waals surface area contributed by atoms with Crippen LogP contribution in [-0.4, -0.2) is 48.0 Å². The number of amidine groups is 1. The molecule has 7 heteroatoms. The zero-order chi connectivity index (χ0) is 10.1. The first-order chi connectivity index (χ1) is 6.20. The van der Waals surface area contributed by atoms with Crippen LogP contribution in [0.5, 0.6) is 0 Å². The minimum absolute atomic E-state index is 0.121. The van der Waals surface area contributed by atoms with Crippen LogP contribution in [0.15, 0.2) is 4.99 Å². The Morgan fingerprint density at radius 3 is 2.85 bits per heavy atom. The number of nitrogens with zero attached hydrogens (tertiary/aromatic N) is 2. The van der Waals surface area contributed by atoms with Gasteiger partial charge in [0, 0.05) is 17.3 Å². The minimum Gasteiger partial charge on any atom is -0.394 e. The highest BCUT2D eigenvalue weighted by Gasteiger charge is 2.05. The van der Waals surface area contributed by atoms with Crippen molar-refractivity contribution >= 4 is 17.4 Å². The van der Waals surface area contributed by atoms with Gasteiger partial charge in [0.05, 0.1) is 13.2 Å². The molecule has 0 heterocycles. The number of rotatable bonds is 6. The van der Waals surface area contributed by atoms with E-state index in [0.717, 1.165) is 0 Å². The molecule has 76 valence electrons. The van der Waals surface area contributed by atoms with Crippen molar-refractivity contribution in [3.05, 3.63) is 10.1 Å². The summed E-state index contributed by atoms with van der Waals surface area (Å²) in [5, 5.41) is 21.3. The molecule has 0 spiro atoms. The molecule has 0 aliphatic rings. The number of aliphatic imine (C=N–C) groups is 1. The molecule has 0 rings (SSSR count). The van der Waals surface area contributed by atoms with Crippen molar-refractivity contribution in [3.63, 3.8) is 0 Å². The number of nitro groups is 1. The standard InChI is InChI=1S/C6H12ClN3O3/c7-1-2-8-6(5-10(12)13)9-3-4-11/h11H,1-5H2,(H,8,9). The van der Waals surface area contributed by atoms with Gasteiger partial charge in [-0.3, -0.25) is 15.1 Å². The number of aliphatic hydroxyl groups is 1. The van der Waals surface area contributed by atoms with E-state index in [2.05, 4.69) is 10.3 Å². The summed E-state index contributed by atoms with van der Waals surface area (Å²) >= 11 is 5.38. The van der Waals surface area contributed by atoms with Crippen LogP contribution in [0.3, 0.4) is 0 Å². The molecule has 0 aliphatic heterocycles. The van der Waals surface area contributed by atoms with Gasteiger partial charge in [0.1, 0.15) is 0 Å². The number of halogens is 1. The maximum atomic E-state index is 10.1. The van der Waals surface area contributed by atoms with Gasteiger partial charge >= 0.3 is 0 Å². The lowest BCUT2D eigenvalue weighted by Crippen LogP contribution is -2.32. The smallest absolute Gasteiger partial charge is 0.259 e. The molecular weight excluding hydrogens is 198 g/mol. The van der Waals surface area contributed by atoms with Crippen LogP contribution in [0, 0.1) is 10.1 Å². The predicted octanol–water partition coefficient (Wildman–Crippen LogP) is -0.518. The Kier molecular flexibility index (Phi) is 7.23. The molecule has 13 heavy (non-hydrogen) atoms. The summed E-state index contributed by atoms with van der Waals surface area (Å²) in [5.74, 6) is 0.607. The molecular formula is C6H12ClN3O3. The lowest BCUT2D eigenvalue weighted by molar-refractivity contribution is -0.463. The van der Waals surface area contributed by atoms with Crippen LogP contribution in [0.2, 0.25) is 0 Å². The van der Waals surface area contributed by atoms with Gasteiger partial charge < -0.3 is 10.4 Å². The zero-order valence-electron chi connectivity index (χ0n) is 7.07. The predicted molar refractivity (Wildman–Crippen MR) is 50.0 cm³/mol. The van der Waals surface area contributed by atoms with Crippen molar-refractivity contribution in [2.75, 3.05) is 32.1 Å². The lowest BCUT2D eigenvalue weighted by Gasteiger charge is -2.03. The Morgan fingerprint density at radius 2 is 2.38 bits per heavy atom. The van der Waals surface area contributed by atoms with Crippen LogP contribution in [-0.2, 0) is 0 Å². The SMILES string of the molecule is O=[N+]([O-])CC(=NCCO)NCCCl. The van der Waals surface area contributed by atoms with E-state index in [-0.39, 0.29) is 25.5 Å². The quantitative estimate of drug-likeness (QED) is 0.203. The molecule has 0 aliphatic carbocycles. The second-order valence-corrected chi connectivity index (χ2v) is 2.54. The van der Waals surface area contributed by atoms with Crippen LogP contribution >= 0.6 is 11.6 Å². The number of hydrogen-bond acceptors (Lipinski definition) is 4. The minimum atomic E-state index is -0.489. The van der Waals surface area contributed by atoms with Gasteiger partial charge in [0.2, 0.25) is 0 Å².